The maximum Gasteiger partial charge on any atom is 0.263 e. The summed E-state index contributed by atoms with van der Waals surface area (Å²) in [6, 6.07) is 9.40. The molecule has 2 heterocycles. The van der Waals surface area contributed by atoms with E-state index in [2.05, 4.69) is 29.4 Å². The predicted octanol–water partition coefficient (Wildman–Crippen LogP) is 3.76. The van der Waals surface area contributed by atoms with E-state index in [1.54, 1.807) is 29.3 Å². The average molecular weight is 383 g/mol. The number of rotatable bonds is 3. The monoisotopic (exact) mass is 382 g/mol. The van der Waals surface area contributed by atoms with Crippen LogP contribution in [0, 0.1) is 20.8 Å². The first-order valence-electron chi connectivity index (χ1n) is 8.74. The van der Waals surface area contributed by atoms with E-state index in [4.69, 9.17) is 11.6 Å². The smallest absolute Gasteiger partial charge is 0.263 e. The van der Waals surface area contributed by atoms with Gasteiger partial charge in [0.15, 0.2) is 12.1 Å². The minimum atomic E-state index is -0.803. The van der Waals surface area contributed by atoms with E-state index in [1.807, 2.05) is 13.8 Å². The second-order valence-electron chi connectivity index (χ2n) is 7.06. The molecule has 0 aromatic heterocycles. The summed E-state index contributed by atoms with van der Waals surface area (Å²) in [6.45, 7) is 6.57. The van der Waals surface area contributed by atoms with Gasteiger partial charge in [0.25, 0.3) is 11.8 Å². The van der Waals surface area contributed by atoms with Crippen LogP contribution in [0.1, 0.15) is 22.3 Å². The van der Waals surface area contributed by atoms with Crippen LogP contribution < -0.4 is 4.90 Å². The third kappa shape index (κ3) is 2.90. The second kappa shape index (κ2) is 6.46. The number of benzene rings is 2. The Bertz CT molecular complexity index is 965. The Morgan fingerprint density at radius 3 is 2.41 bits per heavy atom. The van der Waals surface area contributed by atoms with Crippen LogP contribution in [0.4, 0.5) is 5.69 Å². The summed E-state index contributed by atoms with van der Waals surface area (Å²) in [5.41, 5.74) is 5.02. The van der Waals surface area contributed by atoms with Crippen molar-refractivity contribution in [3.05, 3.63) is 63.7 Å². The van der Waals surface area contributed by atoms with E-state index in [-0.39, 0.29) is 11.8 Å². The molecule has 2 aromatic rings. The topological polar surface area (TPSA) is 65.3 Å². The van der Waals surface area contributed by atoms with E-state index >= 15 is 0 Å². The highest BCUT2D eigenvalue weighted by molar-refractivity contribution is 6.31. The summed E-state index contributed by atoms with van der Waals surface area (Å²) in [5.74, 6) is -0.685. The van der Waals surface area contributed by atoms with Crippen LogP contribution in [-0.2, 0) is 16.1 Å². The lowest BCUT2D eigenvalue weighted by molar-refractivity contribution is -0.123. The van der Waals surface area contributed by atoms with Gasteiger partial charge in [-0.3, -0.25) is 14.6 Å². The predicted molar refractivity (Wildman–Crippen MR) is 103 cm³/mol. The number of imide groups is 1. The molecular formula is C20H19ClN4O2. The van der Waals surface area contributed by atoms with Gasteiger partial charge in [-0.2, -0.15) is 5.11 Å². The summed E-state index contributed by atoms with van der Waals surface area (Å²) in [5, 5.41) is 10.3. The Balaban J connectivity index is 1.64. The van der Waals surface area contributed by atoms with Gasteiger partial charge >= 0.3 is 0 Å². The van der Waals surface area contributed by atoms with Crippen molar-refractivity contribution < 1.29 is 9.59 Å². The van der Waals surface area contributed by atoms with E-state index in [0.717, 1.165) is 16.7 Å². The summed E-state index contributed by atoms with van der Waals surface area (Å²) in [7, 11) is 0. The van der Waals surface area contributed by atoms with Crippen molar-refractivity contribution in [3.63, 3.8) is 0 Å². The molecule has 1 fully saturated rings. The maximum absolute atomic E-state index is 13.0. The van der Waals surface area contributed by atoms with Crippen LogP contribution >= 0.6 is 11.6 Å². The van der Waals surface area contributed by atoms with Crippen LogP contribution in [0.25, 0.3) is 0 Å². The number of carbonyl (C=O) groups excluding carboxylic acids is 2. The molecule has 7 heteroatoms. The number of amides is 2. The number of hydrogen-bond acceptors (Lipinski definition) is 5. The van der Waals surface area contributed by atoms with E-state index in [1.165, 1.54) is 10.5 Å². The Hall–Kier alpha value is -2.73. The van der Waals surface area contributed by atoms with Gasteiger partial charge in [0.2, 0.25) is 0 Å². The zero-order valence-electron chi connectivity index (χ0n) is 15.3. The minimum absolute atomic E-state index is 0.320. The van der Waals surface area contributed by atoms with Gasteiger partial charge in [-0.1, -0.05) is 40.6 Å². The number of aryl methyl sites for hydroxylation is 3. The molecule has 138 valence electrons. The van der Waals surface area contributed by atoms with Gasteiger partial charge in [0.1, 0.15) is 0 Å². The molecule has 2 amide bonds. The molecule has 0 aliphatic carbocycles. The molecule has 0 radical (unpaired) electrons. The van der Waals surface area contributed by atoms with Gasteiger partial charge in [-0.25, -0.2) is 4.90 Å². The summed E-state index contributed by atoms with van der Waals surface area (Å²) in [6.07, 6.45) is 0. The molecule has 2 atom stereocenters. The summed E-state index contributed by atoms with van der Waals surface area (Å²) >= 11 is 6.02. The molecule has 0 N–H and O–H groups in total. The molecule has 2 aliphatic heterocycles. The van der Waals surface area contributed by atoms with Crippen molar-refractivity contribution in [1.29, 1.82) is 0 Å². The molecule has 27 heavy (non-hydrogen) atoms. The van der Waals surface area contributed by atoms with E-state index in [0.29, 0.717) is 17.3 Å². The van der Waals surface area contributed by atoms with Gasteiger partial charge < -0.3 is 0 Å². The molecule has 1 saturated heterocycles. The molecule has 2 aliphatic rings. The number of carbonyl (C=O) groups is 2. The lowest BCUT2D eigenvalue weighted by Gasteiger charge is -2.22. The molecule has 0 unspecified atom stereocenters. The first kappa shape index (κ1) is 17.7. The van der Waals surface area contributed by atoms with Crippen LogP contribution in [-0.4, -0.2) is 28.9 Å². The number of halogens is 1. The van der Waals surface area contributed by atoms with Crippen molar-refractivity contribution in [3.8, 4) is 0 Å². The number of fused-ring (bicyclic) bond motifs is 1. The highest BCUT2D eigenvalue weighted by Gasteiger charge is 2.54. The zero-order chi connectivity index (χ0) is 19.3. The molecule has 2 aromatic carbocycles. The van der Waals surface area contributed by atoms with E-state index in [9.17, 15) is 9.59 Å². The van der Waals surface area contributed by atoms with Crippen molar-refractivity contribution >= 4 is 29.1 Å². The third-order valence-electron chi connectivity index (χ3n) is 5.08. The highest BCUT2D eigenvalue weighted by Crippen LogP contribution is 2.34. The highest BCUT2D eigenvalue weighted by atomic mass is 35.5. The molecule has 4 rings (SSSR count). The normalized spacial score (nSPS) is 21.3. The molecule has 6 nitrogen and oxygen atoms in total. The first-order valence-corrected chi connectivity index (χ1v) is 9.12. The van der Waals surface area contributed by atoms with Crippen LogP contribution in [0.3, 0.4) is 0 Å². The molecular weight excluding hydrogens is 364 g/mol. The zero-order valence-corrected chi connectivity index (χ0v) is 16.1. The SMILES string of the molecule is Cc1cc(C)c(CN2N=N[C@H]3C(=O)N(c4cccc(Cl)c4)C(=O)[C@H]32)c(C)c1. The summed E-state index contributed by atoms with van der Waals surface area (Å²) < 4.78 is 0. The van der Waals surface area contributed by atoms with Gasteiger partial charge in [-0.15, -0.1) is 0 Å². The van der Waals surface area contributed by atoms with Crippen molar-refractivity contribution in [2.24, 2.45) is 10.3 Å². The molecule has 0 bridgehead atoms. The quantitative estimate of drug-likeness (QED) is 0.759. The standard InChI is InChI=1S/C20H19ClN4O2/c1-11-7-12(2)16(13(3)8-11)10-24-18-17(22-23-24)19(26)25(20(18)27)15-6-4-5-14(21)9-15/h4-9,17-18H,10H2,1-3H3/t17-,18+/m1/s1. The fourth-order valence-corrected chi connectivity index (χ4v) is 4.03. The lowest BCUT2D eigenvalue weighted by atomic mass is 9.99. The van der Waals surface area contributed by atoms with Crippen LogP contribution in [0.15, 0.2) is 46.7 Å². The first-order chi connectivity index (χ1) is 12.9. The minimum Gasteiger partial charge on any atom is -0.271 e. The Morgan fingerprint density at radius 1 is 1.04 bits per heavy atom. The molecule has 0 saturated carbocycles. The van der Waals surface area contributed by atoms with Crippen LogP contribution in [0.5, 0.6) is 0 Å². The number of hydrogen-bond donors (Lipinski definition) is 0. The summed E-state index contributed by atoms with van der Waals surface area (Å²) in [4.78, 5) is 27.0. The van der Waals surface area contributed by atoms with Gasteiger partial charge in [0, 0.05) is 5.02 Å². The Kier molecular flexibility index (Phi) is 4.23. The van der Waals surface area contributed by atoms with Crippen molar-refractivity contribution in [2.45, 2.75) is 39.4 Å². The second-order valence-corrected chi connectivity index (χ2v) is 7.50. The Labute approximate surface area is 162 Å². The van der Waals surface area contributed by atoms with Crippen LogP contribution in [0.2, 0.25) is 5.02 Å². The Morgan fingerprint density at radius 2 is 1.74 bits per heavy atom. The fourth-order valence-electron chi connectivity index (χ4n) is 3.84. The van der Waals surface area contributed by atoms with Crippen molar-refractivity contribution in [2.75, 3.05) is 4.90 Å². The maximum atomic E-state index is 13.0. The molecule has 0 spiro atoms. The van der Waals surface area contributed by atoms with E-state index < -0.39 is 12.1 Å². The average Bonchev–Trinajstić information content (AvgIpc) is 3.11. The fraction of sp³-hybridized carbons (Fsp3) is 0.300. The number of anilines is 1. The van der Waals surface area contributed by atoms with Gasteiger partial charge in [-0.05, 0) is 55.7 Å². The lowest BCUT2D eigenvalue weighted by Crippen LogP contribution is -2.39. The largest absolute Gasteiger partial charge is 0.271 e. The van der Waals surface area contributed by atoms with Crippen molar-refractivity contribution in [1.82, 2.24) is 5.01 Å². The third-order valence-corrected chi connectivity index (χ3v) is 5.32. The number of nitrogens with zero attached hydrogens (tertiary/aromatic N) is 4. The van der Waals surface area contributed by atoms with Gasteiger partial charge in [0.05, 0.1) is 12.2 Å².